The lowest BCUT2D eigenvalue weighted by atomic mass is 10.1. The predicted octanol–water partition coefficient (Wildman–Crippen LogP) is 4.01. The number of hydrogen-bond acceptors (Lipinski definition) is 2. The van der Waals surface area contributed by atoms with Crippen LogP contribution in [0.1, 0.15) is 23.6 Å². The topological polar surface area (TPSA) is 49.4 Å². The number of benzene rings is 2. The molecule has 138 valence electrons. The molecule has 0 bridgehead atoms. The molecule has 2 amide bonds. The Balaban J connectivity index is 2.25. The Hall–Kier alpha value is -2.04. The Morgan fingerprint density at radius 3 is 2.35 bits per heavy atom. The van der Waals surface area contributed by atoms with Gasteiger partial charge in [0.2, 0.25) is 11.8 Å². The number of carbonyl (C=O) groups excluding carboxylic acids is 2. The second-order valence-corrected chi connectivity index (χ2v) is 7.05. The first kappa shape index (κ1) is 20.3. The molecule has 0 fully saturated rings. The normalized spacial score (nSPS) is 11.7. The number of aryl methyl sites for hydroxylation is 1. The van der Waals surface area contributed by atoms with E-state index in [-0.39, 0.29) is 18.2 Å². The van der Waals surface area contributed by atoms with Crippen LogP contribution in [0, 0.1) is 6.92 Å². The van der Waals surface area contributed by atoms with Crippen molar-refractivity contribution in [3.8, 4) is 0 Å². The number of hydrogen-bond donors (Lipinski definition) is 1. The van der Waals surface area contributed by atoms with Gasteiger partial charge < -0.3 is 10.2 Å². The number of carbonyl (C=O) groups is 2. The van der Waals surface area contributed by atoms with E-state index >= 15 is 0 Å². The molecule has 0 saturated heterocycles. The van der Waals surface area contributed by atoms with Crippen molar-refractivity contribution < 1.29 is 9.59 Å². The van der Waals surface area contributed by atoms with Crippen molar-refractivity contribution in [1.29, 1.82) is 0 Å². The standard InChI is InChI=1S/C20H22Cl2N2O2/c1-13-4-6-15(7-5-13)12-24(14(2)20(26)23-3)19(25)10-16-8-9-17(21)11-18(16)22/h4-9,11,14H,10,12H2,1-3H3,(H,23,26)/t14-/m1/s1. The largest absolute Gasteiger partial charge is 0.357 e. The summed E-state index contributed by atoms with van der Waals surface area (Å²) in [4.78, 5) is 26.6. The fourth-order valence-electron chi connectivity index (χ4n) is 2.61. The quantitative estimate of drug-likeness (QED) is 0.806. The molecule has 0 aromatic heterocycles. The van der Waals surface area contributed by atoms with Crippen molar-refractivity contribution in [2.75, 3.05) is 7.05 Å². The fraction of sp³-hybridized carbons (Fsp3) is 0.300. The van der Waals surface area contributed by atoms with Gasteiger partial charge in [0, 0.05) is 23.6 Å². The van der Waals surface area contributed by atoms with Crippen molar-refractivity contribution in [3.63, 3.8) is 0 Å². The highest BCUT2D eigenvalue weighted by atomic mass is 35.5. The molecular weight excluding hydrogens is 371 g/mol. The summed E-state index contributed by atoms with van der Waals surface area (Å²) in [5, 5.41) is 3.56. The van der Waals surface area contributed by atoms with Gasteiger partial charge in [-0.3, -0.25) is 9.59 Å². The van der Waals surface area contributed by atoms with E-state index in [0.717, 1.165) is 11.1 Å². The van der Waals surface area contributed by atoms with Gasteiger partial charge in [-0.05, 0) is 37.1 Å². The third-order valence-electron chi connectivity index (χ3n) is 4.24. The number of rotatable bonds is 6. The average Bonchev–Trinajstić information content (AvgIpc) is 2.62. The number of likely N-dealkylation sites (N-methyl/N-ethyl adjacent to an activating group) is 1. The van der Waals surface area contributed by atoms with Crippen LogP contribution in [0.5, 0.6) is 0 Å². The third kappa shape index (κ3) is 5.23. The Kier molecular flexibility index (Phi) is 7.06. The summed E-state index contributed by atoms with van der Waals surface area (Å²) >= 11 is 12.1. The molecule has 2 aromatic carbocycles. The first-order valence-corrected chi connectivity index (χ1v) is 9.08. The SMILES string of the molecule is CNC(=O)[C@@H](C)N(Cc1ccc(C)cc1)C(=O)Cc1ccc(Cl)cc1Cl. The summed E-state index contributed by atoms with van der Waals surface area (Å²) in [5.74, 6) is -0.390. The van der Waals surface area contributed by atoms with Crippen LogP contribution in [-0.4, -0.2) is 29.8 Å². The van der Waals surface area contributed by atoms with Crippen LogP contribution in [0.3, 0.4) is 0 Å². The first-order valence-electron chi connectivity index (χ1n) is 8.32. The smallest absolute Gasteiger partial charge is 0.242 e. The van der Waals surface area contributed by atoms with Gasteiger partial charge in [-0.15, -0.1) is 0 Å². The lowest BCUT2D eigenvalue weighted by Crippen LogP contribution is -2.47. The highest BCUT2D eigenvalue weighted by Crippen LogP contribution is 2.22. The summed E-state index contributed by atoms with van der Waals surface area (Å²) in [7, 11) is 1.56. The number of nitrogens with one attached hydrogen (secondary N) is 1. The molecule has 0 aliphatic heterocycles. The number of nitrogens with zero attached hydrogens (tertiary/aromatic N) is 1. The summed E-state index contributed by atoms with van der Waals surface area (Å²) in [5.41, 5.74) is 2.78. The van der Waals surface area contributed by atoms with E-state index in [9.17, 15) is 9.59 Å². The van der Waals surface area contributed by atoms with Gasteiger partial charge in [-0.2, -0.15) is 0 Å². The molecule has 0 heterocycles. The minimum Gasteiger partial charge on any atom is -0.357 e. The zero-order chi connectivity index (χ0) is 19.3. The molecule has 0 radical (unpaired) electrons. The number of halogens is 2. The molecular formula is C20H22Cl2N2O2. The van der Waals surface area contributed by atoms with E-state index in [1.807, 2.05) is 31.2 Å². The molecule has 0 unspecified atom stereocenters. The fourth-order valence-corrected chi connectivity index (χ4v) is 3.09. The minimum atomic E-state index is -0.597. The van der Waals surface area contributed by atoms with E-state index in [1.165, 1.54) is 0 Å². The Labute approximate surface area is 164 Å². The van der Waals surface area contributed by atoms with Gasteiger partial charge in [-0.1, -0.05) is 59.1 Å². The Morgan fingerprint density at radius 2 is 1.77 bits per heavy atom. The first-order chi connectivity index (χ1) is 12.3. The molecule has 2 rings (SSSR count). The molecule has 0 saturated carbocycles. The second kappa shape index (κ2) is 9.06. The molecule has 0 aliphatic carbocycles. The molecule has 4 nitrogen and oxygen atoms in total. The van der Waals surface area contributed by atoms with Crippen molar-refractivity contribution in [2.24, 2.45) is 0 Å². The molecule has 2 aromatic rings. The van der Waals surface area contributed by atoms with Gasteiger partial charge in [0.05, 0.1) is 6.42 Å². The van der Waals surface area contributed by atoms with E-state index in [4.69, 9.17) is 23.2 Å². The van der Waals surface area contributed by atoms with Crippen molar-refractivity contribution in [3.05, 3.63) is 69.2 Å². The van der Waals surface area contributed by atoms with Gasteiger partial charge in [-0.25, -0.2) is 0 Å². The molecule has 1 N–H and O–H groups in total. The Bertz CT molecular complexity index is 791. The monoisotopic (exact) mass is 392 g/mol. The van der Waals surface area contributed by atoms with Crippen LogP contribution < -0.4 is 5.32 Å². The van der Waals surface area contributed by atoms with E-state index in [1.54, 1.807) is 37.1 Å². The van der Waals surface area contributed by atoms with Crippen LogP contribution in [0.4, 0.5) is 0 Å². The van der Waals surface area contributed by atoms with Crippen LogP contribution in [0.2, 0.25) is 10.0 Å². The minimum absolute atomic E-state index is 0.100. The maximum absolute atomic E-state index is 12.9. The lowest BCUT2D eigenvalue weighted by Gasteiger charge is -2.28. The molecule has 0 spiro atoms. The average molecular weight is 393 g/mol. The van der Waals surface area contributed by atoms with Crippen LogP contribution in [0.15, 0.2) is 42.5 Å². The van der Waals surface area contributed by atoms with Gasteiger partial charge in [0.15, 0.2) is 0 Å². The van der Waals surface area contributed by atoms with Crippen molar-refractivity contribution >= 4 is 35.0 Å². The highest BCUT2D eigenvalue weighted by molar-refractivity contribution is 6.35. The molecule has 1 atom stereocenters. The van der Waals surface area contributed by atoms with Crippen LogP contribution >= 0.6 is 23.2 Å². The van der Waals surface area contributed by atoms with Gasteiger partial charge in [0.25, 0.3) is 0 Å². The van der Waals surface area contributed by atoms with E-state index < -0.39 is 6.04 Å². The van der Waals surface area contributed by atoms with Crippen molar-refractivity contribution in [2.45, 2.75) is 32.9 Å². The van der Waals surface area contributed by atoms with E-state index in [0.29, 0.717) is 22.2 Å². The summed E-state index contributed by atoms with van der Waals surface area (Å²) in [6.45, 7) is 4.07. The molecule has 26 heavy (non-hydrogen) atoms. The predicted molar refractivity (Wildman–Crippen MR) is 105 cm³/mol. The zero-order valence-corrected chi connectivity index (χ0v) is 16.6. The Morgan fingerprint density at radius 1 is 1.12 bits per heavy atom. The lowest BCUT2D eigenvalue weighted by molar-refractivity contribution is -0.139. The maximum Gasteiger partial charge on any atom is 0.242 e. The van der Waals surface area contributed by atoms with E-state index in [2.05, 4.69) is 5.32 Å². The molecule has 6 heteroatoms. The van der Waals surface area contributed by atoms with Gasteiger partial charge in [0.1, 0.15) is 6.04 Å². The summed E-state index contributed by atoms with van der Waals surface area (Å²) in [6.07, 6.45) is 0.100. The van der Waals surface area contributed by atoms with Crippen LogP contribution in [-0.2, 0) is 22.6 Å². The highest BCUT2D eigenvalue weighted by Gasteiger charge is 2.26. The maximum atomic E-state index is 12.9. The molecule has 0 aliphatic rings. The van der Waals surface area contributed by atoms with Gasteiger partial charge >= 0.3 is 0 Å². The second-order valence-electron chi connectivity index (χ2n) is 6.21. The zero-order valence-electron chi connectivity index (χ0n) is 15.1. The van der Waals surface area contributed by atoms with Crippen LogP contribution in [0.25, 0.3) is 0 Å². The third-order valence-corrected chi connectivity index (χ3v) is 4.83. The summed E-state index contributed by atoms with van der Waals surface area (Å²) < 4.78 is 0. The summed E-state index contributed by atoms with van der Waals surface area (Å²) in [6, 6.07) is 12.3. The van der Waals surface area contributed by atoms with Crippen molar-refractivity contribution in [1.82, 2.24) is 10.2 Å². The number of amides is 2.